The van der Waals surface area contributed by atoms with Crippen LogP contribution < -0.4 is 15.4 Å². The third-order valence-electron chi connectivity index (χ3n) is 5.26. The summed E-state index contributed by atoms with van der Waals surface area (Å²) in [5.41, 5.74) is 1.55. The van der Waals surface area contributed by atoms with Gasteiger partial charge in [-0.1, -0.05) is 29.8 Å². The molecular formula is C23H29ClFN3O3. The summed E-state index contributed by atoms with van der Waals surface area (Å²) in [5.74, 6) is -0.140. The fraction of sp³-hybridized carbons (Fsp3) is 0.435. The summed E-state index contributed by atoms with van der Waals surface area (Å²) in [7, 11) is 0. The Bertz CT molecular complexity index is 875. The van der Waals surface area contributed by atoms with E-state index in [4.69, 9.17) is 16.3 Å². The number of halogens is 2. The third kappa shape index (κ3) is 7.47. The Morgan fingerprint density at radius 3 is 2.74 bits per heavy atom. The number of hydrogen-bond donors (Lipinski definition) is 3. The number of aliphatic hydroxyl groups excluding tert-OH is 1. The van der Waals surface area contributed by atoms with Crippen LogP contribution in [0.25, 0.3) is 0 Å². The molecule has 1 fully saturated rings. The van der Waals surface area contributed by atoms with E-state index >= 15 is 0 Å². The number of nitrogens with one attached hydrogen (secondary N) is 2. The van der Waals surface area contributed by atoms with Crippen molar-refractivity contribution in [3.05, 3.63) is 58.9 Å². The number of piperidine rings is 1. The van der Waals surface area contributed by atoms with Crippen LogP contribution in [-0.2, 0) is 11.3 Å². The lowest BCUT2D eigenvalue weighted by molar-refractivity contribution is -0.114. The van der Waals surface area contributed by atoms with Crippen molar-refractivity contribution in [1.29, 1.82) is 0 Å². The van der Waals surface area contributed by atoms with Crippen LogP contribution in [0.15, 0.2) is 42.5 Å². The van der Waals surface area contributed by atoms with E-state index in [1.165, 1.54) is 13.0 Å². The maximum atomic E-state index is 13.3. The number of anilines is 1. The van der Waals surface area contributed by atoms with E-state index in [1.807, 2.05) is 0 Å². The summed E-state index contributed by atoms with van der Waals surface area (Å²) in [6, 6.07) is 12.3. The van der Waals surface area contributed by atoms with Crippen molar-refractivity contribution in [1.82, 2.24) is 10.2 Å². The van der Waals surface area contributed by atoms with Crippen LogP contribution in [0.3, 0.4) is 0 Å². The molecule has 0 aliphatic carbocycles. The second-order valence-corrected chi connectivity index (χ2v) is 8.20. The smallest absolute Gasteiger partial charge is 0.221 e. The van der Waals surface area contributed by atoms with E-state index in [0.29, 0.717) is 30.4 Å². The van der Waals surface area contributed by atoms with Gasteiger partial charge in [0, 0.05) is 32.5 Å². The molecule has 6 nitrogen and oxygen atoms in total. The van der Waals surface area contributed by atoms with Crippen LogP contribution in [0.2, 0.25) is 5.02 Å². The predicted octanol–water partition coefficient (Wildman–Crippen LogP) is 3.78. The molecule has 1 aliphatic rings. The number of carbonyl (C=O) groups is 1. The number of likely N-dealkylation sites (tertiary alicyclic amines) is 1. The lowest BCUT2D eigenvalue weighted by Crippen LogP contribution is -2.43. The number of benzene rings is 2. The standard InChI is InChI=1S/C23H29ClFN3O3/c1-16(29)27-21-4-2-3-5-22(21)31-23(30)8-11-26-18-9-12-28(13-10-18)15-17-6-7-20(25)19(24)14-17/h2-7,14,18,23,26,30H,8-13,15H2,1H3,(H,27,29). The van der Waals surface area contributed by atoms with Crippen molar-refractivity contribution >= 4 is 23.2 Å². The zero-order valence-corrected chi connectivity index (χ0v) is 18.4. The zero-order chi connectivity index (χ0) is 22.2. The Morgan fingerprint density at radius 2 is 2.03 bits per heavy atom. The van der Waals surface area contributed by atoms with Gasteiger partial charge in [-0.2, -0.15) is 0 Å². The van der Waals surface area contributed by atoms with Crippen molar-refractivity contribution < 1.29 is 19.0 Å². The van der Waals surface area contributed by atoms with Gasteiger partial charge in [0.05, 0.1) is 10.7 Å². The average Bonchev–Trinajstić information content (AvgIpc) is 2.73. The summed E-state index contributed by atoms with van der Waals surface area (Å²) in [6.07, 6.45) is 1.46. The fourth-order valence-corrected chi connectivity index (χ4v) is 3.87. The minimum atomic E-state index is -0.967. The lowest BCUT2D eigenvalue weighted by Gasteiger charge is -2.32. The van der Waals surface area contributed by atoms with Crippen molar-refractivity contribution in [3.63, 3.8) is 0 Å². The molecule has 1 unspecified atom stereocenters. The normalized spacial score (nSPS) is 16.1. The Balaban J connectivity index is 1.36. The number of ether oxygens (including phenoxy) is 1. The van der Waals surface area contributed by atoms with Crippen molar-refractivity contribution in [2.75, 3.05) is 25.0 Å². The Labute approximate surface area is 187 Å². The molecule has 1 saturated heterocycles. The Hall–Kier alpha value is -2.19. The maximum absolute atomic E-state index is 13.3. The van der Waals surface area contributed by atoms with E-state index in [0.717, 1.165) is 38.0 Å². The van der Waals surface area contributed by atoms with E-state index in [9.17, 15) is 14.3 Å². The first-order chi connectivity index (χ1) is 14.9. The van der Waals surface area contributed by atoms with Crippen molar-refractivity contribution in [3.8, 4) is 5.75 Å². The molecule has 0 radical (unpaired) electrons. The van der Waals surface area contributed by atoms with Crippen LogP contribution in [0, 0.1) is 5.82 Å². The molecule has 8 heteroatoms. The molecule has 168 valence electrons. The largest absolute Gasteiger partial charge is 0.463 e. The average molecular weight is 450 g/mol. The van der Waals surface area contributed by atoms with Gasteiger partial charge in [0.15, 0.2) is 6.29 Å². The van der Waals surface area contributed by atoms with Gasteiger partial charge in [-0.25, -0.2) is 4.39 Å². The van der Waals surface area contributed by atoms with Gasteiger partial charge < -0.3 is 20.5 Å². The molecule has 1 amide bonds. The quantitative estimate of drug-likeness (QED) is 0.508. The summed E-state index contributed by atoms with van der Waals surface area (Å²) in [4.78, 5) is 13.6. The SMILES string of the molecule is CC(=O)Nc1ccccc1OC(O)CCNC1CCN(Cc2ccc(F)c(Cl)c2)CC1. The summed E-state index contributed by atoms with van der Waals surface area (Å²) in [6.45, 7) is 4.69. The molecule has 2 aromatic rings. The first kappa shape index (κ1) is 23.5. The Morgan fingerprint density at radius 1 is 1.29 bits per heavy atom. The molecule has 2 aromatic carbocycles. The predicted molar refractivity (Wildman–Crippen MR) is 120 cm³/mol. The van der Waals surface area contributed by atoms with E-state index in [-0.39, 0.29) is 10.9 Å². The van der Waals surface area contributed by atoms with E-state index in [2.05, 4.69) is 15.5 Å². The van der Waals surface area contributed by atoms with Gasteiger partial charge >= 0.3 is 0 Å². The number of nitrogens with zero attached hydrogens (tertiary/aromatic N) is 1. The number of aliphatic hydroxyl groups is 1. The molecular weight excluding hydrogens is 421 g/mol. The lowest BCUT2D eigenvalue weighted by atomic mass is 10.0. The third-order valence-corrected chi connectivity index (χ3v) is 5.55. The fourth-order valence-electron chi connectivity index (χ4n) is 3.67. The van der Waals surface area contributed by atoms with Gasteiger partial charge in [-0.15, -0.1) is 0 Å². The second-order valence-electron chi connectivity index (χ2n) is 7.79. The van der Waals surface area contributed by atoms with Gasteiger partial charge in [-0.3, -0.25) is 9.69 Å². The number of rotatable bonds is 9. The van der Waals surface area contributed by atoms with Crippen LogP contribution >= 0.6 is 11.6 Å². The topological polar surface area (TPSA) is 73.8 Å². The molecule has 3 rings (SSSR count). The van der Waals surface area contributed by atoms with Crippen molar-refractivity contribution in [2.24, 2.45) is 0 Å². The molecule has 1 heterocycles. The van der Waals surface area contributed by atoms with E-state index in [1.54, 1.807) is 36.4 Å². The van der Waals surface area contributed by atoms with Gasteiger partial charge in [0.2, 0.25) is 5.91 Å². The number of hydrogen-bond acceptors (Lipinski definition) is 5. The monoisotopic (exact) mass is 449 g/mol. The molecule has 0 saturated carbocycles. The molecule has 31 heavy (non-hydrogen) atoms. The highest BCUT2D eigenvalue weighted by molar-refractivity contribution is 6.30. The van der Waals surface area contributed by atoms with E-state index < -0.39 is 12.1 Å². The number of carbonyl (C=O) groups excluding carboxylic acids is 1. The van der Waals surface area contributed by atoms with Crippen LogP contribution in [-0.4, -0.2) is 47.9 Å². The minimum absolute atomic E-state index is 0.162. The molecule has 3 N–H and O–H groups in total. The summed E-state index contributed by atoms with van der Waals surface area (Å²) in [5, 5.41) is 16.6. The minimum Gasteiger partial charge on any atom is -0.463 e. The molecule has 0 bridgehead atoms. The number of para-hydroxylation sites is 2. The highest BCUT2D eigenvalue weighted by Crippen LogP contribution is 2.25. The zero-order valence-electron chi connectivity index (χ0n) is 17.6. The maximum Gasteiger partial charge on any atom is 0.221 e. The molecule has 1 aliphatic heterocycles. The summed E-state index contributed by atoms with van der Waals surface area (Å²) < 4.78 is 18.9. The highest BCUT2D eigenvalue weighted by atomic mass is 35.5. The van der Waals surface area contributed by atoms with Crippen molar-refractivity contribution in [2.45, 2.75) is 45.1 Å². The first-order valence-electron chi connectivity index (χ1n) is 10.5. The van der Waals surface area contributed by atoms with Gasteiger partial charge in [0.1, 0.15) is 11.6 Å². The van der Waals surface area contributed by atoms with Crippen LogP contribution in [0.5, 0.6) is 5.75 Å². The van der Waals surface area contributed by atoms with Gasteiger partial charge in [0.25, 0.3) is 0 Å². The molecule has 1 atom stereocenters. The highest BCUT2D eigenvalue weighted by Gasteiger charge is 2.19. The Kier molecular flexibility index (Phi) is 8.66. The summed E-state index contributed by atoms with van der Waals surface area (Å²) >= 11 is 5.87. The number of amides is 1. The van der Waals surface area contributed by atoms with Gasteiger partial charge in [-0.05, 0) is 55.8 Å². The first-order valence-corrected chi connectivity index (χ1v) is 10.9. The van der Waals surface area contributed by atoms with Crippen LogP contribution in [0.4, 0.5) is 10.1 Å². The second kappa shape index (κ2) is 11.4. The molecule has 0 aromatic heterocycles. The molecule has 0 spiro atoms. The van der Waals surface area contributed by atoms with Crippen LogP contribution in [0.1, 0.15) is 31.7 Å².